The summed E-state index contributed by atoms with van der Waals surface area (Å²) in [7, 11) is 1.64. The molecular weight excluding hydrogens is 367 g/mol. The minimum absolute atomic E-state index is 0. The molecule has 0 spiro atoms. The van der Waals surface area contributed by atoms with Crippen LogP contribution in [-0.4, -0.2) is 44.9 Å². The van der Waals surface area contributed by atoms with Crippen LogP contribution >= 0.6 is 12.4 Å². The number of hydrogen-bond donors (Lipinski definition) is 1. The zero-order valence-electron chi connectivity index (χ0n) is 15.7. The summed E-state index contributed by atoms with van der Waals surface area (Å²) in [5.74, 6) is 1.40. The van der Waals surface area contributed by atoms with Gasteiger partial charge in [0.15, 0.2) is 11.5 Å². The summed E-state index contributed by atoms with van der Waals surface area (Å²) in [5.41, 5.74) is 2.18. The largest absolute Gasteiger partial charge is 0.493 e. The lowest BCUT2D eigenvalue weighted by Gasteiger charge is -2.35. The van der Waals surface area contributed by atoms with E-state index in [2.05, 4.69) is 10.2 Å². The summed E-state index contributed by atoms with van der Waals surface area (Å²) in [6.45, 7) is 3.88. The van der Waals surface area contributed by atoms with Gasteiger partial charge in [0.2, 0.25) is 0 Å². The van der Waals surface area contributed by atoms with E-state index >= 15 is 0 Å². The number of hydrogen-bond acceptors (Lipinski definition) is 4. The molecule has 0 bridgehead atoms. The van der Waals surface area contributed by atoms with Gasteiger partial charge in [-0.3, -0.25) is 9.29 Å². The molecule has 1 saturated heterocycles. The van der Waals surface area contributed by atoms with E-state index in [1.54, 1.807) is 7.11 Å². The molecule has 0 saturated carbocycles. The molecule has 1 aliphatic heterocycles. The zero-order valence-corrected chi connectivity index (χ0v) is 16.5. The molecule has 6 heteroatoms. The lowest BCUT2D eigenvalue weighted by atomic mass is 10.0. The topological polar surface area (TPSA) is 33.7 Å². The number of alkyl halides is 1. The van der Waals surface area contributed by atoms with Crippen molar-refractivity contribution in [1.29, 1.82) is 0 Å². The van der Waals surface area contributed by atoms with Crippen LogP contribution in [0.15, 0.2) is 48.5 Å². The molecule has 0 unspecified atom stereocenters. The first-order chi connectivity index (χ1) is 12.8. The molecule has 2 aromatic rings. The maximum Gasteiger partial charge on any atom is 0.161 e. The van der Waals surface area contributed by atoms with Gasteiger partial charge in [0.1, 0.15) is 6.61 Å². The van der Waals surface area contributed by atoms with Crippen molar-refractivity contribution in [3.05, 3.63) is 59.7 Å². The van der Waals surface area contributed by atoms with Gasteiger partial charge in [-0.15, -0.1) is 12.4 Å². The molecule has 0 radical (unpaired) electrons. The number of rotatable bonds is 8. The first-order valence-corrected chi connectivity index (χ1v) is 9.17. The van der Waals surface area contributed by atoms with Crippen molar-refractivity contribution < 1.29 is 13.9 Å². The van der Waals surface area contributed by atoms with Crippen LogP contribution in [0.25, 0.3) is 0 Å². The van der Waals surface area contributed by atoms with Crippen molar-refractivity contribution in [1.82, 2.24) is 10.2 Å². The van der Waals surface area contributed by atoms with Gasteiger partial charge in [-0.1, -0.05) is 36.4 Å². The normalized spacial score (nSPS) is 15.6. The molecule has 2 aromatic carbocycles. The molecule has 1 aliphatic rings. The van der Waals surface area contributed by atoms with Gasteiger partial charge in [0.25, 0.3) is 0 Å². The van der Waals surface area contributed by atoms with Gasteiger partial charge >= 0.3 is 0 Å². The van der Waals surface area contributed by atoms with E-state index in [0.717, 1.165) is 37.3 Å². The van der Waals surface area contributed by atoms with Crippen molar-refractivity contribution in [2.75, 3.05) is 40.0 Å². The van der Waals surface area contributed by atoms with E-state index in [1.807, 2.05) is 48.5 Å². The molecule has 1 heterocycles. The number of nitrogens with one attached hydrogen (secondary N) is 1. The molecule has 3 rings (SSSR count). The van der Waals surface area contributed by atoms with Crippen molar-refractivity contribution in [2.45, 2.75) is 19.1 Å². The van der Waals surface area contributed by atoms with Crippen LogP contribution in [0, 0.1) is 0 Å². The molecule has 1 fully saturated rings. The fraction of sp³-hybridized carbons (Fsp3) is 0.429. The SMILES string of the molecule is COc1ccc([C@@H](CCF)N2CCNCC2)cc1OCc1ccccc1.Cl. The van der Waals surface area contributed by atoms with E-state index in [9.17, 15) is 4.39 Å². The molecular formula is C21H28ClFN2O2. The van der Waals surface area contributed by atoms with Crippen LogP contribution in [-0.2, 0) is 6.61 Å². The maximum atomic E-state index is 13.2. The number of nitrogens with zero attached hydrogens (tertiary/aromatic N) is 1. The summed E-state index contributed by atoms with van der Waals surface area (Å²) < 4.78 is 24.7. The Labute approximate surface area is 167 Å². The van der Waals surface area contributed by atoms with E-state index in [1.165, 1.54) is 0 Å². The molecule has 27 heavy (non-hydrogen) atoms. The molecule has 0 amide bonds. The zero-order chi connectivity index (χ0) is 18.2. The Bertz CT molecular complexity index is 681. The molecule has 0 aromatic heterocycles. The quantitative estimate of drug-likeness (QED) is 0.733. The Kier molecular flexibility index (Phi) is 8.85. The van der Waals surface area contributed by atoms with E-state index < -0.39 is 0 Å². The number of methoxy groups -OCH3 is 1. The molecule has 1 N–H and O–H groups in total. The van der Waals surface area contributed by atoms with Gasteiger partial charge in [-0.2, -0.15) is 0 Å². The lowest BCUT2D eigenvalue weighted by Crippen LogP contribution is -2.45. The van der Waals surface area contributed by atoms with Crippen LogP contribution in [0.1, 0.15) is 23.6 Å². The highest BCUT2D eigenvalue weighted by Gasteiger charge is 2.23. The van der Waals surface area contributed by atoms with Crippen LogP contribution in [0.5, 0.6) is 11.5 Å². The third-order valence-electron chi connectivity index (χ3n) is 4.78. The van der Waals surface area contributed by atoms with E-state index in [0.29, 0.717) is 24.5 Å². The van der Waals surface area contributed by atoms with Crippen molar-refractivity contribution in [3.8, 4) is 11.5 Å². The van der Waals surface area contributed by atoms with Crippen LogP contribution in [0.4, 0.5) is 4.39 Å². The van der Waals surface area contributed by atoms with Gasteiger partial charge in [-0.05, 0) is 29.7 Å². The third-order valence-corrected chi connectivity index (χ3v) is 4.78. The summed E-state index contributed by atoms with van der Waals surface area (Å²) >= 11 is 0. The Balaban J connectivity index is 0.00000261. The van der Waals surface area contributed by atoms with Crippen LogP contribution in [0.2, 0.25) is 0 Å². The Morgan fingerprint density at radius 2 is 1.81 bits per heavy atom. The smallest absolute Gasteiger partial charge is 0.161 e. The van der Waals surface area contributed by atoms with Crippen LogP contribution in [0.3, 0.4) is 0 Å². The number of halogens is 2. The van der Waals surface area contributed by atoms with Gasteiger partial charge < -0.3 is 14.8 Å². The fourth-order valence-electron chi connectivity index (χ4n) is 3.41. The highest BCUT2D eigenvalue weighted by molar-refractivity contribution is 5.85. The van der Waals surface area contributed by atoms with Crippen LogP contribution < -0.4 is 14.8 Å². The Morgan fingerprint density at radius 3 is 2.48 bits per heavy atom. The second-order valence-electron chi connectivity index (χ2n) is 6.46. The molecule has 4 nitrogen and oxygen atoms in total. The van der Waals surface area contributed by atoms with Crippen molar-refractivity contribution >= 4 is 12.4 Å². The summed E-state index contributed by atoms with van der Waals surface area (Å²) in [6, 6.07) is 16.0. The van der Waals surface area contributed by atoms with E-state index in [-0.39, 0.29) is 25.1 Å². The number of piperazine rings is 1. The average molecular weight is 395 g/mol. The summed E-state index contributed by atoms with van der Waals surface area (Å²) in [4.78, 5) is 2.35. The van der Waals surface area contributed by atoms with Gasteiger partial charge in [0.05, 0.1) is 13.8 Å². The first kappa shape index (κ1) is 21.5. The standard InChI is InChI=1S/C21H27FN2O2.ClH/c1-25-20-8-7-18(19(9-10-22)24-13-11-23-12-14-24)15-21(20)26-16-17-5-3-2-4-6-17;/h2-8,15,19,23H,9-14,16H2,1H3;1H/t19-;/m1./s1. The second kappa shape index (κ2) is 11.1. The predicted octanol–water partition coefficient (Wildman–Crippen LogP) is 4.00. The molecule has 1 atom stereocenters. The average Bonchev–Trinajstić information content (AvgIpc) is 2.71. The Hall–Kier alpha value is -1.82. The predicted molar refractivity (Wildman–Crippen MR) is 109 cm³/mol. The minimum Gasteiger partial charge on any atom is -0.493 e. The van der Waals surface area contributed by atoms with Gasteiger partial charge in [0, 0.05) is 32.2 Å². The van der Waals surface area contributed by atoms with Crippen molar-refractivity contribution in [3.63, 3.8) is 0 Å². The molecule has 148 valence electrons. The van der Waals surface area contributed by atoms with E-state index in [4.69, 9.17) is 9.47 Å². The third kappa shape index (κ3) is 5.83. The highest BCUT2D eigenvalue weighted by atomic mass is 35.5. The second-order valence-corrected chi connectivity index (χ2v) is 6.46. The fourth-order valence-corrected chi connectivity index (χ4v) is 3.41. The van der Waals surface area contributed by atoms with Gasteiger partial charge in [-0.25, -0.2) is 0 Å². The number of benzene rings is 2. The maximum absolute atomic E-state index is 13.2. The Morgan fingerprint density at radius 1 is 1.07 bits per heavy atom. The number of ether oxygens (including phenoxy) is 2. The van der Waals surface area contributed by atoms with Crippen molar-refractivity contribution in [2.24, 2.45) is 0 Å². The minimum atomic E-state index is -0.333. The summed E-state index contributed by atoms with van der Waals surface area (Å²) in [6.07, 6.45) is 0.491. The molecule has 0 aliphatic carbocycles. The monoisotopic (exact) mass is 394 g/mol. The lowest BCUT2D eigenvalue weighted by molar-refractivity contribution is 0.157. The summed E-state index contributed by atoms with van der Waals surface area (Å²) in [5, 5.41) is 3.35. The first-order valence-electron chi connectivity index (χ1n) is 9.17. The highest BCUT2D eigenvalue weighted by Crippen LogP contribution is 2.34.